The van der Waals surface area contributed by atoms with Crippen molar-refractivity contribution in [3.63, 3.8) is 0 Å². The predicted molar refractivity (Wildman–Crippen MR) is 67.6 cm³/mol. The van der Waals surface area contributed by atoms with E-state index >= 15 is 0 Å². The Morgan fingerprint density at radius 3 is 2.32 bits per heavy atom. The quantitative estimate of drug-likeness (QED) is 0.921. The van der Waals surface area contributed by atoms with E-state index in [9.17, 15) is 13.2 Å². The van der Waals surface area contributed by atoms with E-state index < -0.39 is 17.2 Å². The molecule has 2 rings (SSSR count). The average molecular weight is 294 g/mol. The van der Waals surface area contributed by atoms with E-state index in [1.165, 1.54) is 7.11 Å². The van der Waals surface area contributed by atoms with Crippen molar-refractivity contribution in [1.29, 1.82) is 0 Å². The molecule has 0 aliphatic heterocycles. The largest absolute Gasteiger partial charge is 0.495 e. The highest BCUT2D eigenvalue weighted by Gasteiger charge is 2.50. The van der Waals surface area contributed by atoms with Gasteiger partial charge >= 0.3 is 6.18 Å². The van der Waals surface area contributed by atoms with Crippen molar-refractivity contribution in [2.24, 2.45) is 5.73 Å². The monoisotopic (exact) mass is 293 g/mol. The minimum atomic E-state index is -4.43. The van der Waals surface area contributed by atoms with Crippen LogP contribution in [0.1, 0.15) is 30.9 Å². The van der Waals surface area contributed by atoms with Gasteiger partial charge in [-0.3, -0.25) is 0 Å². The number of benzene rings is 1. The van der Waals surface area contributed by atoms with Gasteiger partial charge in [-0.15, -0.1) is 0 Å². The Labute approximate surface area is 114 Å². The zero-order valence-electron chi connectivity index (χ0n) is 10.6. The summed E-state index contributed by atoms with van der Waals surface area (Å²) >= 11 is 5.91. The van der Waals surface area contributed by atoms with E-state index in [0.29, 0.717) is 11.3 Å². The van der Waals surface area contributed by atoms with Gasteiger partial charge in [0.15, 0.2) is 0 Å². The normalized spacial score (nSPS) is 19.1. The van der Waals surface area contributed by atoms with Crippen molar-refractivity contribution in [2.75, 3.05) is 7.11 Å². The molecule has 2 nitrogen and oxygen atoms in total. The number of nitrogens with two attached hydrogens (primary N) is 1. The van der Waals surface area contributed by atoms with Crippen LogP contribution in [0.5, 0.6) is 5.75 Å². The van der Waals surface area contributed by atoms with Gasteiger partial charge in [-0.05, 0) is 31.9 Å². The van der Waals surface area contributed by atoms with Crippen molar-refractivity contribution >= 4 is 11.6 Å². The van der Waals surface area contributed by atoms with Crippen molar-refractivity contribution in [3.8, 4) is 5.75 Å². The van der Waals surface area contributed by atoms with Crippen LogP contribution in [0.15, 0.2) is 12.1 Å². The average Bonchev–Trinajstić information content (AvgIpc) is 3.07. The van der Waals surface area contributed by atoms with Gasteiger partial charge in [-0.25, -0.2) is 0 Å². The van der Waals surface area contributed by atoms with Gasteiger partial charge in [0.1, 0.15) is 5.75 Å². The van der Waals surface area contributed by atoms with Crippen LogP contribution in [0.4, 0.5) is 13.2 Å². The SMILES string of the molecule is COc1c(Cl)cc(C(F)(F)F)cc1C1(C(C)N)CC1. The molecule has 0 bridgehead atoms. The summed E-state index contributed by atoms with van der Waals surface area (Å²) in [5, 5.41) is -0.0285. The van der Waals surface area contributed by atoms with Gasteiger partial charge in [-0.2, -0.15) is 13.2 Å². The molecule has 0 radical (unpaired) electrons. The van der Waals surface area contributed by atoms with Gasteiger partial charge in [0.25, 0.3) is 0 Å². The second-order valence-corrected chi connectivity index (χ2v) is 5.39. The Hall–Kier alpha value is -0.940. The van der Waals surface area contributed by atoms with Crippen molar-refractivity contribution in [3.05, 3.63) is 28.3 Å². The van der Waals surface area contributed by atoms with Gasteiger partial charge in [0, 0.05) is 17.0 Å². The maximum Gasteiger partial charge on any atom is 0.416 e. The zero-order chi connectivity index (χ0) is 14.4. The number of hydrogen-bond donors (Lipinski definition) is 1. The number of halogens is 4. The number of alkyl halides is 3. The van der Waals surface area contributed by atoms with Gasteiger partial charge in [-0.1, -0.05) is 11.6 Å². The number of hydrogen-bond acceptors (Lipinski definition) is 2. The summed E-state index contributed by atoms with van der Waals surface area (Å²) < 4.78 is 43.8. The third-order valence-electron chi connectivity index (χ3n) is 3.77. The summed E-state index contributed by atoms with van der Waals surface area (Å²) in [5.74, 6) is 0.296. The van der Waals surface area contributed by atoms with Crippen LogP contribution >= 0.6 is 11.6 Å². The highest BCUT2D eigenvalue weighted by molar-refractivity contribution is 6.32. The Kier molecular flexibility index (Phi) is 3.47. The third kappa shape index (κ3) is 2.41. The summed E-state index contributed by atoms with van der Waals surface area (Å²) in [4.78, 5) is 0. The molecule has 1 fully saturated rings. The molecular formula is C13H15ClF3NO. The minimum absolute atomic E-state index is 0.0285. The molecule has 1 unspecified atom stereocenters. The first-order chi connectivity index (χ1) is 8.72. The van der Waals surface area contributed by atoms with Crippen LogP contribution in [-0.2, 0) is 11.6 Å². The molecule has 1 saturated carbocycles. The number of rotatable bonds is 3. The van der Waals surface area contributed by atoms with Crippen LogP contribution in [0, 0.1) is 0 Å². The summed E-state index contributed by atoms with van der Waals surface area (Å²) in [6.07, 6.45) is -2.93. The summed E-state index contributed by atoms with van der Waals surface area (Å²) in [6.45, 7) is 1.79. The molecule has 0 saturated heterocycles. The molecule has 0 spiro atoms. The molecule has 19 heavy (non-hydrogen) atoms. The molecular weight excluding hydrogens is 279 g/mol. The lowest BCUT2D eigenvalue weighted by molar-refractivity contribution is -0.137. The van der Waals surface area contributed by atoms with E-state index in [1.54, 1.807) is 6.92 Å². The highest BCUT2D eigenvalue weighted by atomic mass is 35.5. The Balaban J connectivity index is 2.61. The van der Waals surface area contributed by atoms with E-state index in [-0.39, 0.29) is 11.1 Å². The lowest BCUT2D eigenvalue weighted by Gasteiger charge is -2.24. The molecule has 0 amide bonds. The van der Waals surface area contributed by atoms with Crippen LogP contribution < -0.4 is 10.5 Å². The zero-order valence-corrected chi connectivity index (χ0v) is 11.4. The summed E-state index contributed by atoms with van der Waals surface area (Å²) in [6, 6.07) is 1.75. The standard InChI is InChI=1S/C13H15ClF3NO/c1-7(18)12(3-4-12)9-5-8(13(15,16)17)6-10(14)11(9)19-2/h5-7H,3-4,18H2,1-2H3. The highest BCUT2D eigenvalue weighted by Crippen LogP contribution is 2.55. The fourth-order valence-electron chi connectivity index (χ4n) is 2.44. The first-order valence-electron chi connectivity index (χ1n) is 5.93. The Morgan fingerprint density at radius 2 is 1.95 bits per heavy atom. The number of ether oxygens (including phenoxy) is 1. The molecule has 0 heterocycles. The van der Waals surface area contributed by atoms with Gasteiger partial charge < -0.3 is 10.5 Å². The second-order valence-electron chi connectivity index (χ2n) is 4.98. The van der Waals surface area contributed by atoms with Crippen molar-refractivity contribution < 1.29 is 17.9 Å². The van der Waals surface area contributed by atoms with Crippen LogP contribution in [0.25, 0.3) is 0 Å². The second kappa shape index (κ2) is 4.56. The van der Waals surface area contributed by atoms with E-state index in [0.717, 1.165) is 25.0 Å². The molecule has 1 aromatic carbocycles. The Morgan fingerprint density at radius 1 is 1.37 bits per heavy atom. The number of methoxy groups -OCH3 is 1. The van der Waals surface area contributed by atoms with Crippen molar-refractivity contribution in [2.45, 2.75) is 37.4 Å². The predicted octanol–water partition coefficient (Wildman–Crippen LogP) is 3.75. The lowest BCUT2D eigenvalue weighted by atomic mass is 9.87. The Bertz CT molecular complexity index is 495. The van der Waals surface area contributed by atoms with Crippen molar-refractivity contribution in [1.82, 2.24) is 0 Å². The van der Waals surface area contributed by atoms with Crippen LogP contribution in [0.2, 0.25) is 5.02 Å². The molecule has 0 aromatic heterocycles. The lowest BCUT2D eigenvalue weighted by Crippen LogP contribution is -2.32. The molecule has 1 atom stereocenters. The van der Waals surface area contributed by atoms with Gasteiger partial charge in [0.05, 0.1) is 17.7 Å². The maximum atomic E-state index is 12.9. The van der Waals surface area contributed by atoms with Gasteiger partial charge in [0.2, 0.25) is 0 Å². The summed E-state index contributed by atoms with van der Waals surface area (Å²) in [7, 11) is 1.40. The molecule has 6 heteroatoms. The molecule has 1 aromatic rings. The van der Waals surface area contributed by atoms with E-state index in [4.69, 9.17) is 22.1 Å². The first-order valence-corrected chi connectivity index (χ1v) is 6.31. The summed E-state index contributed by atoms with van der Waals surface area (Å²) in [5.41, 5.74) is 5.17. The molecule has 1 aliphatic rings. The minimum Gasteiger partial charge on any atom is -0.495 e. The van der Waals surface area contributed by atoms with Crippen LogP contribution in [-0.4, -0.2) is 13.2 Å². The fourth-order valence-corrected chi connectivity index (χ4v) is 2.74. The molecule has 1 aliphatic carbocycles. The maximum absolute atomic E-state index is 12.9. The molecule has 106 valence electrons. The molecule has 2 N–H and O–H groups in total. The fraction of sp³-hybridized carbons (Fsp3) is 0.538. The smallest absolute Gasteiger partial charge is 0.416 e. The first kappa shape index (κ1) is 14.5. The topological polar surface area (TPSA) is 35.2 Å². The van der Waals surface area contributed by atoms with E-state index in [1.807, 2.05) is 0 Å². The van der Waals surface area contributed by atoms with Crippen LogP contribution in [0.3, 0.4) is 0 Å². The third-order valence-corrected chi connectivity index (χ3v) is 4.05. The van der Waals surface area contributed by atoms with E-state index in [2.05, 4.69) is 0 Å².